The lowest BCUT2D eigenvalue weighted by Gasteiger charge is -2.16. The molecule has 0 bridgehead atoms. The van der Waals surface area contributed by atoms with Crippen LogP contribution < -0.4 is 0 Å². The number of hydrogen-bond donors (Lipinski definition) is 0. The molecule has 0 aromatic heterocycles. The molecule has 0 unspecified atom stereocenters. The topological polar surface area (TPSA) is 12.5 Å². The van der Waals surface area contributed by atoms with E-state index in [1.807, 2.05) is 0 Å². The average Bonchev–Trinajstić information content (AvgIpc) is 2.27. The van der Waals surface area contributed by atoms with E-state index < -0.39 is 0 Å². The summed E-state index contributed by atoms with van der Waals surface area (Å²) >= 11 is 0. The molecule has 0 saturated carbocycles. The predicted octanol–water partition coefficient (Wildman–Crippen LogP) is 3.44. The Labute approximate surface area is 95.3 Å². The van der Waals surface area contributed by atoms with Gasteiger partial charge in [-0.1, -0.05) is 27.2 Å². The summed E-state index contributed by atoms with van der Waals surface area (Å²) in [4.78, 5) is 2.39. The molecule has 0 heterocycles. The van der Waals surface area contributed by atoms with E-state index in [9.17, 15) is 0 Å². The van der Waals surface area contributed by atoms with Crippen molar-refractivity contribution in [3.05, 3.63) is 11.8 Å². The molecule has 2 nitrogen and oxygen atoms in total. The molecule has 0 rings (SSSR count). The van der Waals surface area contributed by atoms with Crippen LogP contribution in [-0.2, 0) is 4.74 Å². The second-order valence-corrected chi connectivity index (χ2v) is 3.69. The van der Waals surface area contributed by atoms with Crippen LogP contribution in [0.1, 0.15) is 47.0 Å². The van der Waals surface area contributed by atoms with Crippen molar-refractivity contribution >= 4 is 0 Å². The standard InChI is InChI=1S/C13H27NO/c1-5-9-10-13(15-8-4)11-12-14(6-2)7-3/h11H,5-10,12H2,1-4H3/b13-11+. The monoisotopic (exact) mass is 213 g/mol. The van der Waals surface area contributed by atoms with Gasteiger partial charge in [0.25, 0.3) is 0 Å². The van der Waals surface area contributed by atoms with Crippen LogP contribution in [-0.4, -0.2) is 31.1 Å². The maximum Gasteiger partial charge on any atom is 0.0932 e. The molecule has 0 saturated heterocycles. The zero-order valence-electron chi connectivity index (χ0n) is 10.9. The van der Waals surface area contributed by atoms with Crippen LogP contribution in [0.15, 0.2) is 11.8 Å². The van der Waals surface area contributed by atoms with E-state index in [-0.39, 0.29) is 0 Å². The van der Waals surface area contributed by atoms with Crippen molar-refractivity contribution in [2.45, 2.75) is 47.0 Å². The summed E-state index contributed by atoms with van der Waals surface area (Å²) in [5.41, 5.74) is 0. The van der Waals surface area contributed by atoms with Crippen molar-refractivity contribution in [3.63, 3.8) is 0 Å². The van der Waals surface area contributed by atoms with Gasteiger partial charge in [-0.3, -0.25) is 0 Å². The smallest absolute Gasteiger partial charge is 0.0932 e. The number of rotatable bonds is 9. The Morgan fingerprint density at radius 3 is 2.27 bits per heavy atom. The van der Waals surface area contributed by atoms with Gasteiger partial charge in [0.15, 0.2) is 0 Å². The fourth-order valence-electron chi connectivity index (χ4n) is 1.48. The van der Waals surface area contributed by atoms with Gasteiger partial charge in [0, 0.05) is 13.0 Å². The molecule has 0 aliphatic rings. The van der Waals surface area contributed by atoms with Gasteiger partial charge in [0.2, 0.25) is 0 Å². The third kappa shape index (κ3) is 7.43. The third-order valence-electron chi connectivity index (χ3n) is 2.58. The zero-order chi connectivity index (χ0) is 11.5. The van der Waals surface area contributed by atoms with Crippen LogP contribution in [0, 0.1) is 0 Å². The zero-order valence-corrected chi connectivity index (χ0v) is 10.9. The predicted molar refractivity (Wildman–Crippen MR) is 67.0 cm³/mol. The minimum absolute atomic E-state index is 0.786. The van der Waals surface area contributed by atoms with E-state index in [1.165, 1.54) is 18.6 Å². The molecule has 0 N–H and O–H groups in total. The number of ether oxygens (including phenoxy) is 1. The van der Waals surface area contributed by atoms with E-state index in [2.05, 4.69) is 38.7 Å². The minimum atomic E-state index is 0.786. The number of unbranched alkanes of at least 4 members (excludes halogenated alkanes) is 1. The number of likely N-dealkylation sites (N-methyl/N-ethyl adjacent to an activating group) is 1. The van der Waals surface area contributed by atoms with Crippen LogP contribution >= 0.6 is 0 Å². The highest BCUT2D eigenvalue weighted by molar-refractivity contribution is 4.94. The van der Waals surface area contributed by atoms with E-state index in [0.717, 1.165) is 32.7 Å². The molecular weight excluding hydrogens is 186 g/mol. The maximum absolute atomic E-state index is 5.62. The summed E-state index contributed by atoms with van der Waals surface area (Å²) in [6.07, 6.45) is 5.79. The molecule has 0 aromatic carbocycles. The Balaban J connectivity index is 4.01. The lowest BCUT2D eigenvalue weighted by atomic mass is 10.2. The Kier molecular flexibility index (Phi) is 9.70. The molecule has 0 aromatic rings. The molecule has 0 radical (unpaired) electrons. The molecule has 0 atom stereocenters. The number of allylic oxidation sites excluding steroid dienone is 1. The second-order valence-electron chi connectivity index (χ2n) is 3.69. The molecule has 2 heteroatoms. The first-order chi connectivity index (χ1) is 7.28. The largest absolute Gasteiger partial charge is 0.499 e. The number of nitrogens with zero attached hydrogens (tertiary/aromatic N) is 1. The van der Waals surface area contributed by atoms with E-state index >= 15 is 0 Å². The third-order valence-corrected chi connectivity index (χ3v) is 2.58. The lowest BCUT2D eigenvalue weighted by Crippen LogP contribution is -2.23. The average molecular weight is 213 g/mol. The van der Waals surface area contributed by atoms with Crippen LogP contribution in [0.4, 0.5) is 0 Å². The molecule has 15 heavy (non-hydrogen) atoms. The van der Waals surface area contributed by atoms with Crippen molar-refractivity contribution in [2.24, 2.45) is 0 Å². The quantitative estimate of drug-likeness (QED) is 0.544. The van der Waals surface area contributed by atoms with Crippen molar-refractivity contribution in [1.29, 1.82) is 0 Å². The van der Waals surface area contributed by atoms with Gasteiger partial charge in [0.05, 0.1) is 12.4 Å². The highest BCUT2D eigenvalue weighted by Gasteiger charge is 2.00. The molecule has 0 aliphatic heterocycles. The normalized spacial score (nSPS) is 12.2. The Bertz CT molecular complexity index is 162. The highest BCUT2D eigenvalue weighted by atomic mass is 16.5. The van der Waals surface area contributed by atoms with Crippen LogP contribution in [0.2, 0.25) is 0 Å². The first kappa shape index (κ1) is 14.5. The fraction of sp³-hybridized carbons (Fsp3) is 0.846. The number of hydrogen-bond acceptors (Lipinski definition) is 2. The van der Waals surface area contributed by atoms with Gasteiger partial charge in [0.1, 0.15) is 0 Å². The van der Waals surface area contributed by atoms with Crippen LogP contribution in [0.25, 0.3) is 0 Å². The van der Waals surface area contributed by atoms with Crippen molar-refractivity contribution < 1.29 is 4.74 Å². The molecule has 0 spiro atoms. The Morgan fingerprint density at radius 1 is 1.13 bits per heavy atom. The van der Waals surface area contributed by atoms with E-state index in [4.69, 9.17) is 4.74 Å². The summed E-state index contributed by atoms with van der Waals surface area (Å²) < 4.78 is 5.62. The maximum atomic E-state index is 5.62. The molecule has 0 fully saturated rings. The van der Waals surface area contributed by atoms with Crippen molar-refractivity contribution in [2.75, 3.05) is 26.2 Å². The van der Waals surface area contributed by atoms with Gasteiger partial charge >= 0.3 is 0 Å². The van der Waals surface area contributed by atoms with E-state index in [1.54, 1.807) is 0 Å². The van der Waals surface area contributed by atoms with Gasteiger partial charge < -0.3 is 9.64 Å². The summed E-state index contributed by atoms with van der Waals surface area (Å²) in [5, 5.41) is 0. The SMILES string of the molecule is CCCC/C(=C\CN(CC)CC)OCC. The fourth-order valence-corrected chi connectivity index (χ4v) is 1.48. The summed E-state index contributed by atoms with van der Waals surface area (Å²) in [6.45, 7) is 12.7. The van der Waals surface area contributed by atoms with Gasteiger partial charge in [-0.05, 0) is 32.5 Å². The summed E-state index contributed by atoms with van der Waals surface area (Å²) in [7, 11) is 0. The minimum Gasteiger partial charge on any atom is -0.499 e. The lowest BCUT2D eigenvalue weighted by molar-refractivity contribution is 0.212. The molecule has 90 valence electrons. The first-order valence-electron chi connectivity index (χ1n) is 6.32. The second kappa shape index (κ2) is 10.0. The van der Waals surface area contributed by atoms with Crippen LogP contribution in [0.5, 0.6) is 0 Å². The van der Waals surface area contributed by atoms with Crippen molar-refractivity contribution in [1.82, 2.24) is 4.90 Å². The van der Waals surface area contributed by atoms with E-state index in [0.29, 0.717) is 0 Å². The van der Waals surface area contributed by atoms with Gasteiger partial charge in [-0.15, -0.1) is 0 Å². The van der Waals surface area contributed by atoms with Crippen molar-refractivity contribution in [3.8, 4) is 0 Å². The highest BCUT2D eigenvalue weighted by Crippen LogP contribution is 2.09. The molecular formula is C13H27NO. The summed E-state index contributed by atoms with van der Waals surface area (Å²) in [6, 6.07) is 0. The Morgan fingerprint density at radius 2 is 1.80 bits per heavy atom. The first-order valence-corrected chi connectivity index (χ1v) is 6.32. The van der Waals surface area contributed by atoms with Crippen LogP contribution in [0.3, 0.4) is 0 Å². The van der Waals surface area contributed by atoms with Gasteiger partial charge in [-0.25, -0.2) is 0 Å². The molecule has 0 amide bonds. The Hall–Kier alpha value is -0.500. The molecule has 0 aliphatic carbocycles. The summed E-state index contributed by atoms with van der Waals surface area (Å²) in [5.74, 6) is 1.17. The van der Waals surface area contributed by atoms with Gasteiger partial charge in [-0.2, -0.15) is 0 Å².